The molecule has 8 nitrogen and oxygen atoms in total. The zero-order valence-corrected chi connectivity index (χ0v) is 17.9. The lowest BCUT2D eigenvalue weighted by Gasteiger charge is -2.28. The fourth-order valence-corrected chi connectivity index (χ4v) is 2.66. The van der Waals surface area contributed by atoms with Gasteiger partial charge in [-0.1, -0.05) is 11.6 Å². The van der Waals surface area contributed by atoms with Crippen LogP contribution in [0.5, 0.6) is 0 Å². The minimum Gasteiger partial charge on any atom is -0.443 e. The highest BCUT2D eigenvalue weighted by Crippen LogP contribution is 2.42. The number of carbonyl (C=O) groups excluding carboxylic acids is 2. The van der Waals surface area contributed by atoms with Crippen LogP contribution in [0.15, 0.2) is 10.5 Å². The highest BCUT2D eigenvalue weighted by atomic mass is 79.9. The third kappa shape index (κ3) is 6.03. The van der Waals surface area contributed by atoms with E-state index in [2.05, 4.69) is 15.9 Å². The van der Waals surface area contributed by atoms with E-state index < -0.39 is 50.5 Å². The Kier molecular flexibility index (Phi) is 6.82. The average molecular weight is 470 g/mol. The van der Waals surface area contributed by atoms with E-state index in [1.165, 1.54) is 41.5 Å². The predicted molar refractivity (Wildman–Crippen MR) is 101 cm³/mol. The number of hydrogen-bond acceptors (Lipinski definition) is 6. The Morgan fingerprint density at radius 1 is 1.15 bits per heavy atom. The number of nitro benzene ring substituents is 1. The van der Waals surface area contributed by atoms with Crippen LogP contribution in [0, 0.1) is 15.9 Å². The van der Waals surface area contributed by atoms with Gasteiger partial charge in [0.1, 0.15) is 11.2 Å². The summed E-state index contributed by atoms with van der Waals surface area (Å²) in [5, 5.41) is 11.0. The second kappa shape index (κ2) is 7.97. The summed E-state index contributed by atoms with van der Waals surface area (Å²) in [6.07, 6.45) is -2.60. The van der Waals surface area contributed by atoms with Crippen molar-refractivity contribution in [3.05, 3.63) is 31.5 Å². The van der Waals surface area contributed by atoms with Gasteiger partial charge in [0.15, 0.2) is 5.69 Å². The Labute approximate surface area is 168 Å². The Balaban J connectivity index is 3.70. The number of benzene rings is 1. The van der Waals surface area contributed by atoms with E-state index in [-0.39, 0.29) is 9.37 Å². The van der Waals surface area contributed by atoms with Crippen LogP contribution in [0.3, 0.4) is 0 Å². The van der Waals surface area contributed by atoms with Gasteiger partial charge in [-0.3, -0.25) is 10.1 Å². The van der Waals surface area contributed by atoms with Crippen LogP contribution in [-0.2, 0) is 9.47 Å². The monoisotopic (exact) mass is 468 g/mol. The first-order chi connectivity index (χ1) is 12.0. The minimum atomic E-state index is -1.31. The average Bonchev–Trinajstić information content (AvgIpc) is 2.40. The molecular formula is C16H19BrClFN2O6. The van der Waals surface area contributed by atoms with Crippen molar-refractivity contribution in [2.45, 2.75) is 52.7 Å². The van der Waals surface area contributed by atoms with Crippen molar-refractivity contribution in [1.29, 1.82) is 0 Å². The standard InChI is InChI=1S/C16H19BrClFN2O6/c1-15(2,3)26-13(22)20(14(23)27-16(4,5)6)11-9(18)7-8(17)10(19)12(11)21(24)25/h7H,1-6H3. The van der Waals surface area contributed by atoms with Gasteiger partial charge in [-0.05, 0) is 63.5 Å². The molecule has 1 aromatic carbocycles. The molecule has 0 aliphatic carbocycles. The molecule has 0 saturated heterocycles. The van der Waals surface area contributed by atoms with Crippen molar-refractivity contribution in [1.82, 2.24) is 0 Å². The van der Waals surface area contributed by atoms with Gasteiger partial charge in [-0.15, -0.1) is 0 Å². The quantitative estimate of drug-likeness (QED) is 0.307. The molecular weight excluding hydrogens is 451 g/mol. The number of carbonyl (C=O) groups is 2. The van der Waals surface area contributed by atoms with Crippen LogP contribution in [0.1, 0.15) is 41.5 Å². The normalized spacial score (nSPS) is 11.7. The molecule has 0 heterocycles. The zero-order valence-electron chi connectivity index (χ0n) is 15.6. The number of anilines is 1. The van der Waals surface area contributed by atoms with E-state index in [4.69, 9.17) is 21.1 Å². The molecule has 1 aromatic rings. The third-order valence-corrected chi connectivity index (χ3v) is 3.55. The third-order valence-electron chi connectivity index (χ3n) is 2.68. The Morgan fingerprint density at radius 3 is 1.89 bits per heavy atom. The van der Waals surface area contributed by atoms with Gasteiger partial charge in [0, 0.05) is 0 Å². The zero-order chi connectivity index (χ0) is 21.3. The summed E-state index contributed by atoms with van der Waals surface area (Å²) in [5.74, 6) is -1.31. The minimum absolute atomic E-state index is 0.215. The molecule has 0 atom stereocenters. The molecule has 0 aliphatic rings. The van der Waals surface area contributed by atoms with Crippen LogP contribution in [0.4, 0.5) is 25.4 Å². The summed E-state index contributed by atoms with van der Waals surface area (Å²) in [6.45, 7) is 9.14. The Bertz CT molecular complexity index is 761. The SMILES string of the molecule is CC(C)(C)OC(=O)N(C(=O)OC(C)(C)C)c1c(Cl)cc(Br)c(F)c1[N+](=O)[O-]. The molecule has 2 amide bonds. The summed E-state index contributed by atoms with van der Waals surface area (Å²) < 4.78 is 24.3. The number of nitro groups is 1. The maximum absolute atomic E-state index is 14.4. The number of imide groups is 1. The first-order valence-electron chi connectivity index (χ1n) is 7.63. The Morgan fingerprint density at radius 2 is 1.56 bits per heavy atom. The molecule has 0 aliphatic heterocycles. The first kappa shape index (κ1) is 23.1. The van der Waals surface area contributed by atoms with E-state index in [9.17, 15) is 24.1 Å². The molecule has 0 unspecified atom stereocenters. The summed E-state index contributed by atoms with van der Waals surface area (Å²) in [4.78, 5) is 35.7. The number of nitrogens with zero attached hydrogens (tertiary/aromatic N) is 2. The number of ether oxygens (including phenoxy) is 2. The van der Waals surface area contributed by atoms with Crippen LogP contribution in [-0.4, -0.2) is 28.3 Å². The van der Waals surface area contributed by atoms with Gasteiger partial charge in [0.2, 0.25) is 5.82 Å². The number of hydrogen-bond donors (Lipinski definition) is 0. The topological polar surface area (TPSA) is 99.0 Å². The maximum atomic E-state index is 14.4. The lowest BCUT2D eigenvalue weighted by molar-refractivity contribution is -0.386. The van der Waals surface area contributed by atoms with E-state index in [0.29, 0.717) is 0 Å². The molecule has 150 valence electrons. The maximum Gasteiger partial charge on any atom is 0.424 e. The van der Waals surface area contributed by atoms with Crippen molar-refractivity contribution in [2.24, 2.45) is 0 Å². The number of halogens is 3. The van der Waals surface area contributed by atoms with Gasteiger partial charge < -0.3 is 9.47 Å². The fraction of sp³-hybridized carbons (Fsp3) is 0.500. The van der Waals surface area contributed by atoms with Crippen LogP contribution in [0.25, 0.3) is 0 Å². The fourth-order valence-electron chi connectivity index (χ4n) is 1.82. The molecule has 0 saturated carbocycles. The summed E-state index contributed by atoms with van der Waals surface area (Å²) >= 11 is 8.82. The van der Waals surface area contributed by atoms with E-state index in [1.54, 1.807) is 0 Å². The van der Waals surface area contributed by atoms with Crippen molar-refractivity contribution < 1.29 is 28.4 Å². The predicted octanol–water partition coefficient (Wildman–Crippen LogP) is 5.83. The summed E-state index contributed by atoms with van der Waals surface area (Å²) in [6, 6.07) is 0.987. The van der Waals surface area contributed by atoms with Crippen molar-refractivity contribution in [3.8, 4) is 0 Å². The van der Waals surface area contributed by atoms with Gasteiger partial charge in [0.05, 0.1) is 14.4 Å². The van der Waals surface area contributed by atoms with Crippen molar-refractivity contribution in [3.63, 3.8) is 0 Å². The van der Waals surface area contributed by atoms with Crippen LogP contribution in [0.2, 0.25) is 5.02 Å². The highest BCUT2D eigenvalue weighted by Gasteiger charge is 2.40. The van der Waals surface area contributed by atoms with E-state index in [1.807, 2.05) is 0 Å². The summed E-state index contributed by atoms with van der Waals surface area (Å²) in [7, 11) is 0. The largest absolute Gasteiger partial charge is 0.443 e. The van der Waals surface area contributed by atoms with Gasteiger partial charge in [-0.2, -0.15) is 9.29 Å². The van der Waals surface area contributed by atoms with Gasteiger partial charge in [-0.25, -0.2) is 9.59 Å². The number of amides is 2. The second-order valence-corrected chi connectivity index (χ2v) is 8.67. The molecule has 0 aromatic heterocycles. The molecule has 11 heteroatoms. The molecule has 1 rings (SSSR count). The second-order valence-electron chi connectivity index (χ2n) is 7.40. The van der Waals surface area contributed by atoms with Crippen molar-refractivity contribution >= 4 is 51.1 Å². The van der Waals surface area contributed by atoms with Crippen LogP contribution >= 0.6 is 27.5 Å². The highest BCUT2D eigenvalue weighted by molar-refractivity contribution is 9.10. The smallest absolute Gasteiger partial charge is 0.424 e. The molecule has 0 radical (unpaired) electrons. The van der Waals surface area contributed by atoms with Crippen LogP contribution < -0.4 is 4.90 Å². The molecule has 27 heavy (non-hydrogen) atoms. The molecule has 0 bridgehead atoms. The Hall–Kier alpha value is -1.94. The summed E-state index contributed by atoms with van der Waals surface area (Å²) in [5.41, 5.74) is -4.06. The molecule has 0 N–H and O–H groups in total. The molecule has 0 fully saturated rings. The van der Waals surface area contributed by atoms with E-state index >= 15 is 0 Å². The number of rotatable bonds is 2. The molecule has 0 spiro atoms. The lowest BCUT2D eigenvalue weighted by Crippen LogP contribution is -2.44. The van der Waals surface area contributed by atoms with Gasteiger partial charge >= 0.3 is 17.9 Å². The lowest BCUT2D eigenvalue weighted by atomic mass is 10.2. The van der Waals surface area contributed by atoms with E-state index in [0.717, 1.165) is 6.07 Å². The van der Waals surface area contributed by atoms with Gasteiger partial charge in [0.25, 0.3) is 0 Å². The first-order valence-corrected chi connectivity index (χ1v) is 8.80. The van der Waals surface area contributed by atoms with Crippen molar-refractivity contribution in [2.75, 3.05) is 4.90 Å².